The number of guanidine groups is 1. The zero-order valence-corrected chi connectivity index (χ0v) is 19.3. The van der Waals surface area contributed by atoms with Crippen LogP contribution in [0.2, 0.25) is 0 Å². The third-order valence-electron chi connectivity index (χ3n) is 5.18. The molecule has 2 rings (SSSR count). The van der Waals surface area contributed by atoms with E-state index in [2.05, 4.69) is 34.4 Å². The van der Waals surface area contributed by atoms with Gasteiger partial charge in [-0.2, -0.15) is 0 Å². The molecule has 0 spiro atoms. The smallest absolute Gasteiger partial charge is 0.191 e. The monoisotopic (exact) mass is 480 g/mol. The highest BCUT2D eigenvalue weighted by molar-refractivity contribution is 14.0. The van der Waals surface area contributed by atoms with Gasteiger partial charge in [0.2, 0.25) is 0 Å². The number of nitrogens with one attached hydrogen (secondary N) is 2. The summed E-state index contributed by atoms with van der Waals surface area (Å²) >= 11 is 0. The lowest BCUT2D eigenvalue weighted by atomic mass is 9.99. The fourth-order valence-corrected chi connectivity index (χ4v) is 3.19. The molecule has 26 heavy (non-hydrogen) atoms. The Morgan fingerprint density at radius 2 is 1.85 bits per heavy atom. The van der Waals surface area contributed by atoms with Crippen molar-refractivity contribution in [2.75, 3.05) is 52.5 Å². The Balaban J connectivity index is 0.00000338. The van der Waals surface area contributed by atoms with Crippen molar-refractivity contribution in [1.82, 2.24) is 15.5 Å². The highest BCUT2D eigenvalue weighted by Gasteiger charge is 2.20. The molecule has 0 radical (unpaired) electrons. The first-order valence-electron chi connectivity index (χ1n) is 10.6. The van der Waals surface area contributed by atoms with E-state index in [-0.39, 0.29) is 24.0 Å². The van der Waals surface area contributed by atoms with Gasteiger partial charge in [0.25, 0.3) is 0 Å². The van der Waals surface area contributed by atoms with E-state index in [1.165, 1.54) is 58.2 Å². The van der Waals surface area contributed by atoms with Gasteiger partial charge in [-0.05, 0) is 83.3 Å². The van der Waals surface area contributed by atoms with Crippen LogP contribution in [-0.4, -0.2) is 63.3 Å². The van der Waals surface area contributed by atoms with Crippen LogP contribution in [0.15, 0.2) is 4.99 Å². The second-order valence-electron chi connectivity index (χ2n) is 7.79. The van der Waals surface area contributed by atoms with Crippen molar-refractivity contribution in [3.05, 3.63) is 0 Å². The molecule has 0 aromatic rings. The quantitative estimate of drug-likeness (QED) is 0.194. The summed E-state index contributed by atoms with van der Waals surface area (Å²) in [5.41, 5.74) is 0. The number of nitrogens with zero attached hydrogens (tertiary/aromatic N) is 2. The minimum absolute atomic E-state index is 0. The van der Waals surface area contributed by atoms with Crippen molar-refractivity contribution >= 4 is 29.9 Å². The number of hydrogen-bond acceptors (Lipinski definition) is 3. The maximum atomic E-state index is 5.66. The Labute approximate surface area is 178 Å². The van der Waals surface area contributed by atoms with Crippen LogP contribution >= 0.6 is 24.0 Å². The molecule has 1 aliphatic carbocycles. The van der Waals surface area contributed by atoms with Crippen LogP contribution in [0.4, 0.5) is 0 Å². The lowest BCUT2D eigenvalue weighted by Crippen LogP contribution is -2.38. The van der Waals surface area contributed by atoms with E-state index >= 15 is 0 Å². The number of aliphatic imine (C=N–C) groups is 1. The van der Waals surface area contributed by atoms with Gasteiger partial charge in [0.1, 0.15) is 0 Å². The summed E-state index contributed by atoms with van der Waals surface area (Å²) in [4.78, 5) is 7.27. The fourth-order valence-electron chi connectivity index (χ4n) is 3.19. The molecule has 0 unspecified atom stereocenters. The third-order valence-corrected chi connectivity index (χ3v) is 5.18. The van der Waals surface area contributed by atoms with Crippen molar-refractivity contribution in [3.8, 4) is 0 Å². The zero-order valence-electron chi connectivity index (χ0n) is 17.0. The van der Waals surface area contributed by atoms with E-state index in [1.807, 2.05) is 0 Å². The summed E-state index contributed by atoms with van der Waals surface area (Å²) in [5.74, 6) is 2.74. The van der Waals surface area contributed by atoms with E-state index in [4.69, 9.17) is 4.74 Å². The molecule has 2 aliphatic rings. The SMILES string of the molecule is CCNC(=NCCCOCC1CC1)NCCCCN1CCC(C)CC1.I. The van der Waals surface area contributed by atoms with Crippen molar-refractivity contribution in [1.29, 1.82) is 0 Å². The van der Waals surface area contributed by atoms with Crippen molar-refractivity contribution in [2.24, 2.45) is 16.8 Å². The van der Waals surface area contributed by atoms with Gasteiger partial charge in [-0.1, -0.05) is 6.92 Å². The van der Waals surface area contributed by atoms with E-state index < -0.39 is 0 Å². The molecular formula is C20H41IN4O. The molecule has 154 valence electrons. The van der Waals surface area contributed by atoms with Crippen LogP contribution in [0, 0.1) is 11.8 Å². The number of unbranched alkanes of at least 4 members (excludes halogenated alkanes) is 1. The van der Waals surface area contributed by atoms with Gasteiger partial charge in [-0.25, -0.2) is 0 Å². The van der Waals surface area contributed by atoms with Gasteiger partial charge < -0.3 is 20.3 Å². The molecule has 0 amide bonds. The Morgan fingerprint density at radius 1 is 1.08 bits per heavy atom. The summed E-state index contributed by atoms with van der Waals surface area (Å²) < 4.78 is 5.66. The molecule has 2 fully saturated rings. The summed E-state index contributed by atoms with van der Waals surface area (Å²) in [6, 6.07) is 0. The average Bonchev–Trinajstić information content (AvgIpc) is 3.43. The molecule has 2 N–H and O–H groups in total. The first-order valence-corrected chi connectivity index (χ1v) is 10.6. The molecule has 1 aliphatic heterocycles. The van der Waals surface area contributed by atoms with Crippen molar-refractivity contribution in [2.45, 2.75) is 58.8 Å². The highest BCUT2D eigenvalue weighted by Crippen LogP contribution is 2.28. The predicted octanol–water partition coefficient (Wildman–Crippen LogP) is 3.49. The Kier molecular flexibility index (Phi) is 13.7. The van der Waals surface area contributed by atoms with Gasteiger partial charge in [0.15, 0.2) is 5.96 Å². The lowest BCUT2D eigenvalue weighted by molar-refractivity contribution is 0.123. The number of hydrogen-bond donors (Lipinski definition) is 2. The molecule has 0 aromatic heterocycles. The van der Waals surface area contributed by atoms with Gasteiger partial charge >= 0.3 is 0 Å². The van der Waals surface area contributed by atoms with Crippen molar-refractivity contribution < 1.29 is 4.74 Å². The lowest BCUT2D eigenvalue weighted by Gasteiger charge is -2.30. The topological polar surface area (TPSA) is 48.9 Å². The molecule has 0 bridgehead atoms. The third kappa shape index (κ3) is 11.6. The van der Waals surface area contributed by atoms with E-state index in [9.17, 15) is 0 Å². The molecule has 6 heteroatoms. The van der Waals surface area contributed by atoms with E-state index in [0.29, 0.717) is 0 Å². The van der Waals surface area contributed by atoms with E-state index in [0.717, 1.165) is 57.1 Å². The second-order valence-corrected chi connectivity index (χ2v) is 7.79. The fraction of sp³-hybridized carbons (Fsp3) is 0.950. The van der Waals surface area contributed by atoms with Crippen LogP contribution in [0.5, 0.6) is 0 Å². The Hall–Kier alpha value is -0.0800. The van der Waals surface area contributed by atoms with Gasteiger partial charge in [0, 0.05) is 32.8 Å². The minimum Gasteiger partial charge on any atom is -0.381 e. The molecule has 0 atom stereocenters. The zero-order chi connectivity index (χ0) is 17.7. The molecule has 1 saturated heterocycles. The van der Waals surface area contributed by atoms with Crippen LogP contribution in [0.3, 0.4) is 0 Å². The molecular weight excluding hydrogens is 439 g/mol. The maximum Gasteiger partial charge on any atom is 0.191 e. The number of rotatable bonds is 12. The standard InChI is InChI=1S/C20H40N4O.HI/c1-3-21-20(23-12-6-16-25-17-19-7-8-19)22-11-4-5-13-24-14-9-18(2)10-15-24;/h18-19H,3-17H2,1-2H3,(H2,21,22,23);1H. The van der Waals surface area contributed by atoms with Gasteiger partial charge in [-0.15, -0.1) is 24.0 Å². The summed E-state index contributed by atoms with van der Waals surface area (Å²) in [6.45, 7) is 12.9. The maximum absolute atomic E-state index is 5.66. The first-order chi connectivity index (χ1) is 12.3. The molecule has 0 aromatic carbocycles. The van der Waals surface area contributed by atoms with Crippen LogP contribution in [0.25, 0.3) is 0 Å². The number of piperidine rings is 1. The predicted molar refractivity (Wildman–Crippen MR) is 122 cm³/mol. The number of ether oxygens (including phenoxy) is 1. The first kappa shape index (κ1) is 24.0. The Bertz CT molecular complexity index is 369. The molecule has 5 nitrogen and oxygen atoms in total. The highest BCUT2D eigenvalue weighted by atomic mass is 127. The summed E-state index contributed by atoms with van der Waals surface area (Å²) in [5, 5.41) is 6.80. The molecule has 1 saturated carbocycles. The van der Waals surface area contributed by atoms with Crippen LogP contribution in [0.1, 0.15) is 58.8 Å². The minimum atomic E-state index is 0. The average molecular weight is 480 g/mol. The van der Waals surface area contributed by atoms with Crippen LogP contribution < -0.4 is 10.6 Å². The Morgan fingerprint density at radius 3 is 2.54 bits per heavy atom. The summed E-state index contributed by atoms with van der Waals surface area (Å²) in [6.07, 6.45) is 8.97. The van der Waals surface area contributed by atoms with Crippen molar-refractivity contribution in [3.63, 3.8) is 0 Å². The van der Waals surface area contributed by atoms with Crippen LogP contribution in [-0.2, 0) is 4.74 Å². The van der Waals surface area contributed by atoms with Gasteiger partial charge in [-0.3, -0.25) is 4.99 Å². The largest absolute Gasteiger partial charge is 0.381 e. The summed E-state index contributed by atoms with van der Waals surface area (Å²) in [7, 11) is 0. The number of halogens is 1. The normalized spacial score (nSPS) is 19.2. The molecule has 1 heterocycles. The van der Waals surface area contributed by atoms with Gasteiger partial charge in [0.05, 0.1) is 0 Å². The number of likely N-dealkylation sites (tertiary alicyclic amines) is 1. The second kappa shape index (κ2) is 14.9. The van der Waals surface area contributed by atoms with E-state index in [1.54, 1.807) is 0 Å².